The van der Waals surface area contributed by atoms with Crippen molar-refractivity contribution in [2.75, 3.05) is 7.11 Å². The lowest BCUT2D eigenvalue weighted by Gasteiger charge is -2.17. The Balaban J connectivity index is 2.33. The summed E-state index contributed by atoms with van der Waals surface area (Å²) in [6.07, 6.45) is 0. The molecule has 0 heterocycles. The van der Waals surface area contributed by atoms with E-state index in [1.165, 1.54) is 0 Å². The predicted octanol–water partition coefficient (Wildman–Crippen LogP) is 1.79. The number of benzene rings is 2. The molecule has 0 saturated carbocycles. The van der Waals surface area contributed by atoms with E-state index in [1.54, 1.807) is 30.3 Å². The summed E-state index contributed by atoms with van der Waals surface area (Å²) in [6.45, 7) is 0. The maximum atomic E-state index is 12.4. The number of hydrogen-bond donors (Lipinski definition) is 1. The van der Waals surface area contributed by atoms with Gasteiger partial charge < -0.3 is 4.74 Å². The van der Waals surface area contributed by atoms with Crippen LogP contribution in [0.4, 0.5) is 5.69 Å². The summed E-state index contributed by atoms with van der Waals surface area (Å²) < 4.78 is 31.8. The van der Waals surface area contributed by atoms with Gasteiger partial charge in [0, 0.05) is 12.1 Å². The van der Waals surface area contributed by atoms with Crippen LogP contribution in [0.3, 0.4) is 0 Å². The molecule has 1 N–H and O–H groups in total. The average Bonchev–Trinajstić information content (AvgIpc) is 2.60. The van der Waals surface area contributed by atoms with Crippen LogP contribution in [0.25, 0.3) is 0 Å². The van der Waals surface area contributed by atoms with Gasteiger partial charge in [-0.25, -0.2) is 13.2 Å². The Kier molecular flexibility index (Phi) is 5.27. The Bertz CT molecular complexity index is 834. The number of carbonyl (C=O) groups excluding carboxylic acids is 1. The van der Waals surface area contributed by atoms with Gasteiger partial charge in [-0.05, 0) is 17.7 Å². The zero-order valence-corrected chi connectivity index (χ0v) is 13.4. The Morgan fingerprint density at radius 2 is 1.71 bits per heavy atom. The number of nitro benzene ring substituents is 1. The van der Waals surface area contributed by atoms with Crippen LogP contribution >= 0.6 is 0 Å². The molecule has 126 valence electrons. The molecule has 0 fully saturated rings. The first kappa shape index (κ1) is 17.6. The normalized spacial score (nSPS) is 12.4. The van der Waals surface area contributed by atoms with Crippen molar-refractivity contribution >= 4 is 21.7 Å². The van der Waals surface area contributed by atoms with E-state index in [2.05, 4.69) is 9.46 Å². The Morgan fingerprint density at radius 1 is 1.12 bits per heavy atom. The molecule has 2 rings (SSSR count). The lowest BCUT2D eigenvalue weighted by atomic mass is 10.1. The second-order valence-corrected chi connectivity index (χ2v) is 6.45. The molecule has 0 aliphatic rings. The number of non-ortho nitro benzene ring substituents is 1. The molecule has 0 amide bonds. The van der Waals surface area contributed by atoms with Crippen molar-refractivity contribution in [2.45, 2.75) is 10.9 Å². The van der Waals surface area contributed by atoms with Crippen LogP contribution in [-0.2, 0) is 19.6 Å². The molecule has 0 saturated heterocycles. The van der Waals surface area contributed by atoms with E-state index in [1.807, 2.05) is 0 Å². The summed E-state index contributed by atoms with van der Waals surface area (Å²) in [4.78, 5) is 21.7. The highest BCUT2D eigenvalue weighted by molar-refractivity contribution is 7.89. The summed E-state index contributed by atoms with van der Waals surface area (Å²) in [6, 6.07) is 11.3. The quantitative estimate of drug-likeness (QED) is 0.482. The third kappa shape index (κ3) is 3.94. The summed E-state index contributed by atoms with van der Waals surface area (Å²) in [5, 5.41) is 10.6. The lowest BCUT2D eigenvalue weighted by Crippen LogP contribution is -2.34. The van der Waals surface area contributed by atoms with Crippen molar-refractivity contribution in [2.24, 2.45) is 0 Å². The fourth-order valence-electron chi connectivity index (χ4n) is 1.99. The second kappa shape index (κ2) is 7.20. The molecular formula is C15H14N2O6S. The van der Waals surface area contributed by atoms with E-state index in [-0.39, 0.29) is 10.6 Å². The van der Waals surface area contributed by atoms with Crippen LogP contribution in [0, 0.1) is 10.1 Å². The Hall–Kier alpha value is -2.78. The molecule has 0 radical (unpaired) electrons. The van der Waals surface area contributed by atoms with Gasteiger partial charge in [-0.15, -0.1) is 0 Å². The zero-order chi connectivity index (χ0) is 17.7. The van der Waals surface area contributed by atoms with Crippen molar-refractivity contribution in [1.82, 2.24) is 4.72 Å². The zero-order valence-electron chi connectivity index (χ0n) is 12.6. The van der Waals surface area contributed by atoms with Crippen LogP contribution in [0.5, 0.6) is 0 Å². The molecule has 2 aromatic carbocycles. The first-order valence-corrected chi connectivity index (χ1v) is 8.23. The molecule has 0 unspecified atom stereocenters. The minimum Gasteiger partial charge on any atom is -0.468 e. The fourth-order valence-corrected chi connectivity index (χ4v) is 3.16. The van der Waals surface area contributed by atoms with Crippen LogP contribution in [0.15, 0.2) is 59.5 Å². The molecule has 0 bridgehead atoms. The standard InChI is InChI=1S/C15H14N2O6S/c1-23-15(18)14(11-5-3-2-4-6-11)16-24(21,22)13-9-7-12(8-10-13)17(19)20/h2-10,14,16H,1H3/t14-/m1/s1. The Labute approximate surface area is 138 Å². The number of rotatable bonds is 6. The number of carbonyl (C=O) groups is 1. The summed E-state index contributed by atoms with van der Waals surface area (Å²) in [7, 11) is -2.93. The minimum atomic E-state index is -4.08. The van der Waals surface area contributed by atoms with Crippen LogP contribution in [0.1, 0.15) is 11.6 Å². The second-order valence-electron chi connectivity index (χ2n) is 4.74. The van der Waals surface area contributed by atoms with Crippen molar-refractivity contribution in [3.8, 4) is 0 Å². The maximum absolute atomic E-state index is 12.4. The number of nitrogens with one attached hydrogen (secondary N) is 1. The minimum absolute atomic E-state index is 0.196. The number of nitro groups is 1. The van der Waals surface area contributed by atoms with Gasteiger partial charge in [0.2, 0.25) is 10.0 Å². The lowest BCUT2D eigenvalue weighted by molar-refractivity contribution is -0.384. The van der Waals surface area contributed by atoms with E-state index in [0.717, 1.165) is 31.4 Å². The predicted molar refractivity (Wildman–Crippen MR) is 84.6 cm³/mol. The number of hydrogen-bond acceptors (Lipinski definition) is 6. The third-order valence-electron chi connectivity index (χ3n) is 3.20. The van der Waals surface area contributed by atoms with E-state index in [0.29, 0.717) is 5.56 Å². The molecule has 9 heteroatoms. The van der Waals surface area contributed by atoms with Crippen LogP contribution < -0.4 is 4.72 Å². The smallest absolute Gasteiger partial charge is 0.328 e. The maximum Gasteiger partial charge on any atom is 0.328 e. The topological polar surface area (TPSA) is 116 Å². The summed E-state index contributed by atoms with van der Waals surface area (Å²) in [5.74, 6) is -0.772. The average molecular weight is 350 g/mol. The van der Waals surface area contributed by atoms with Crippen molar-refractivity contribution < 1.29 is 22.9 Å². The highest BCUT2D eigenvalue weighted by Crippen LogP contribution is 2.20. The molecular weight excluding hydrogens is 336 g/mol. The van der Waals surface area contributed by atoms with Gasteiger partial charge >= 0.3 is 5.97 Å². The first-order valence-electron chi connectivity index (χ1n) is 6.74. The molecule has 24 heavy (non-hydrogen) atoms. The van der Waals surface area contributed by atoms with Gasteiger partial charge in [-0.2, -0.15) is 4.72 Å². The van der Waals surface area contributed by atoms with Gasteiger partial charge in [-0.1, -0.05) is 30.3 Å². The van der Waals surface area contributed by atoms with Crippen LogP contribution in [-0.4, -0.2) is 26.4 Å². The number of ether oxygens (including phenoxy) is 1. The number of nitrogens with zero attached hydrogens (tertiary/aromatic N) is 1. The van der Waals surface area contributed by atoms with Gasteiger partial charge in [0.05, 0.1) is 16.9 Å². The number of sulfonamides is 1. The third-order valence-corrected chi connectivity index (χ3v) is 4.64. The van der Waals surface area contributed by atoms with Gasteiger partial charge in [0.25, 0.3) is 5.69 Å². The largest absolute Gasteiger partial charge is 0.468 e. The highest BCUT2D eigenvalue weighted by Gasteiger charge is 2.28. The van der Waals surface area contributed by atoms with Gasteiger partial charge in [0.15, 0.2) is 0 Å². The van der Waals surface area contributed by atoms with E-state index in [9.17, 15) is 23.3 Å². The fraction of sp³-hybridized carbons (Fsp3) is 0.133. The molecule has 0 aliphatic carbocycles. The van der Waals surface area contributed by atoms with Gasteiger partial charge in [0.1, 0.15) is 6.04 Å². The number of esters is 1. The monoisotopic (exact) mass is 350 g/mol. The molecule has 0 spiro atoms. The molecule has 0 aliphatic heterocycles. The van der Waals surface area contributed by atoms with E-state index < -0.39 is 27.0 Å². The van der Waals surface area contributed by atoms with Gasteiger partial charge in [-0.3, -0.25) is 10.1 Å². The van der Waals surface area contributed by atoms with E-state index >= 15 is 0 Å². The van der Waals surface area contributed by atoms with Crippen molar-refractivity contribution in [3.63, 3.8) is 0 Å². The molecule has 0 aromatic heterocycles. The van der Waals surface area contributed by atoms with Crippen LogP contribution in [0.2, 0.25) is 0 Å². The summed E-state index contributed by atoms with van der Waals surface area (Å²) >= 11 is 0. The van der Waals surface area contributed by atoms with Crippen molar-refractivity contribution in [3.05, 3.63) is 70.3 Å². The highest BCUT2D eigenvalue weighted by atomic mass is 32.2. The van der Waals surface area contributed by atoms with E-state index in [4.69, 9.17) is 0 Å². The number of methoxy groups -OCH3 is 1. The summed E-state index contributed by atoms with van der Waals surface area (Å²) in [5.41, 5.74) is 0.177. The molecule has 2 aromatic rings. The Morgan fingerprint density at radius 3 is 2.21 bits per heavy atom. The molecule has 8 nitrogen and oxygen atoms in total. The first-order chi connectivity index (χ1) is 11.3. The molecule has 1 atom stereocenters. The SMILES string of the molecule is COC(=O)[C@H](NS(=O)(=O)c1ccc([N+](=O)[O-])cc1)c1ccccc1. The van der Waals surface area contributed by atoms with Crippen molar-refractivity contribution in [1.29, 1.82) is 0 Å².